The van der Waals surface area contributed by atoms with Gasteiger partial charge in [-0.05, 0) is 25.5 Å². The van der Waals surface area contributed by atoms with Gasteiger partial charge in [0, 0.05) is 4.90 Å². The molecule has 2 nitrogen and oxygen atoms in total. The summed E-state index contributed by atoms with van der Waals surface area (Å²) < 4.78 is 0. The molecule has 0 amide bonds. The summed E-state index contributed by atoms with van der Waals surface area (Å²) in [5, 5.41) is 12.6. The van der Waals surface area contributed by atoms with Gasteiger partial charge in [0.25, 0.3) is 0 Å². The minimum atomic E-state index is -0.448. The van der Waals surface area contributed by atoms with E-state index < -0.39 is 6.23 Å². The van der Waals surface area contributed by atoms with Gasteiger partial charge >= 0.3 is 0 Å². The van der Waals surface area contributed by atoms with Crippen molar-refractivity contribution in [1.82, 2.24) is 5.32 Å². The van der Waals surface area contributed by atoms with E-state index in [0.717, 1.165) is 6.42 Å². The van der Waals surface area contributed by atoms with E-state index in [1.165, 1.54) is 4.90 Å². The third-order valence-corrected chi connectivity index (χ3v) is 3.12. The third kappa shape index (κ3) is 4.13. The van der Waals surface area contributed by atoms with Crippen molar-refractivity contribution in [2.45, 2.75) is 36.8 Å². The Labute approximate surface area is 89.7 Å². The first-order valence-corrected chi connectivity index (χ1v) is 5.76. The first kappa shape index (κ1) is 11.6. The molecule has 0 saturated heterocycles. The number of hydrogen-bond acceptors (Lipinski definition) is 3. The third-order valence-electron chi connectivity index (χ3n) is 1.82. The molecular formula is C11H17NOS. The molecule has 2 atom stereocenters. The average Bonchev–Trinajstić information content (AvgIpc) is 2.17. The summed E-state index contributed by atoms with van der Waals surface area (Å²) in [7, 11) is 0. The van der Waals surface area contributed by atoms with Crippen LogP contribution in [0.2, 0.25) is 0 Å². The van der Waals surface area contributed by atoms with Crippen LogP contribution in [0.1, 0.15) is 20.3 Å². The normalized spacial score (nSPS) is 15.1. The molecule has 0 aliphatic rings. The number of aliphatic hydroxyl groups excluding tert-OH is 1. The van der Waals surface area contributed by atoms with Crippen LogP contribution in [0, 0.1) is 0 Å². The van der Waals surface area contributed by atoms with Crippen molar-refractivity contribution >= 4 is 11.8 Å². The van der Waals surface area contributed by atoms with Crippen LogP contribution in [0.5, 0.6) is 0 Å². The molecular weight excluding hydrogens is 194 g/mol. The molecule has 0 fully saturated rings. The lowest BCUT2D eigenvalue weighted by Crippen LogP contribution is -2.33. The van der Waals surface area contributed by atoms with E-state index in [1.54, 1.807) is 18.7 Å². The maximum absolute atomic E-state index is 9.21. The summed E-state index contributed by atoms with van der Waals surface area (Å²) in [6.07, 6.45) is 0.543. The van der Waals surface area contributed by atoms with Crippen molar-refractivity contribution in [3.05, 3.63) is 30.3 Å². The monoisotopic (exact) mass is 211 g/mol. The van der Waals surface area contributed by atoms with Crippen LogP contribution < -0.4 is 5.32 Å². The lowest BCUT2D eigenvalue weighted by molar-refractivity contribution is 0.152. The van der Waals surface area contributed by atoms with Crippen LogP contribution in [0.4, 0.5) is 0 Å². The molecule has 0 heterocycles. The van der Waals surface area contributed by atoms with Gasteiger partial charge in [0.15, 0.2) is 0 Å². The lowest BCUT2D eigenvalue weighted by Gasteiger charge is -2.18. The van der Waals surface area contributed by atoms with Gasteiger partial charge in [-0.2, -0.15) is 0 Å². The Hall–Kier alpha value is -0.510. The fraction of sp³-hybridized carbons (Fsp3) is 0.455. The maximum Gasteiger partial charge on any atom is 0.102 e. The summed E-state index contributed by atoms with van der Waals surface area (Å²) in [6.45, 7) is 3.85. The van der Waals surface area contributed by atoms with Gasteiger partial charge < -0.3 is 5.11 Å². The summed E-state index contributed by atoms with van der Waals surface area (Å²) in [5.74, 6) is 0. The van der Waals surface area contributed by atoms with Gasteiger partial charge in [0.1, 0.15) is 6.23 Å². The Balaban J connectivity index is 2.48. The van der Waals surface area contributed by atoms with Gasteiger partial charge in [-0.1, -0.05) is 25.1 Å². The highest BCUT2D eigenvalue weighted by molar-refractivity contribution is 7.99. The maximum atomic E-state index is 9.21. The molecule has 2 N–H and O–H groups in total. The molecule has 14 heavy (non-hydrogen) atoms. The SMILES string of the molecule is CCC(NC(C)O)Sc1ccccc1. The van der Waals surface area contributed by atoms with Crippen molar-refractivity contribution in [3.8, 4) is 0 Å². The molecule has 0 saturated carbocycles. The molecule has 0 aromatic heterocycles. The summed E-state index contributed by atoms with van der Waals surface area (Å²) in [5.41, 5.74) is 0. The topological polar surface area (TPSA) is 32.3 Å². The van der Waals surface area contributed by atoms with Crippen molar-refractivity contribution in [3.63, 3.8) is 0 Å². The van der Waals surface area contributed by atoms with Crippen molar-refractivity contribution in [2.24, 2.45) is 0 Å². The highest BCUT2D eigenvalue weighted by Gasteiger charge is 2.08. The largest absolute Gasteiger partial charge is 0.379 e. The van der Waals surface area contributed by atoms with Crippen LogP contribution in [0.15, 0.2) is 35.2 Å². The van der Waals surface area contributed by atoms with E-state index in [4.69, 9.17) is 0 Å². The zero-order valence-corrected chi connectivity index (χ0v) is 9.42. The van der Waals surface area contributed by atoms with E-state index in [9.17, 15) is 5.11 Å². The molecule has 0 bridgehead atoms. The van der Waals surface area contributed by atoms with E-state index in [2.05, 4.69) is 24.4 Å². The van der Waals surface area contributed by atoms with Crippen molar-refractivity contribution < 1.29 is 5.11 Å². The lowest BCUT2D eigenvalue weighted by atomic mass is 10.4. The van der Waals surface area contributed by atoms with Gasteiger partial charge in [-0.15, -0.1) is 11.8 Å². The van der Waals surface area contributed by atoms with Gasteiger partial charge in [0.05, 0.1) is 5.37 Å². The molecule has 2 unspecified atom stereocenters. The molecule has 0 aliphatic heterocycles. The Morgan fingerprint density at radius 3 is 2.50 bits per heavy atom. The fourth-order valence-corrected chi connectivity index (χ4v) is 2.24. The predicted molar refractivity (Wildman–Crippen MR) is 61.2 cm³/mol. The molecule has 1 aromatic rings. The summed E-state index contributed by atoms with van der Waals surface area (Å²) >= 11 is 1.75. The van der Waals surface area contributed by atoms with Gasteiger partial charge in [0.2, 0.25) is 0 Å². The number of aliphatic hydroxyl groups is 1. The first-order valence-electron chi connectivity index (χ1n) is 4.88. The molecule has 1 rings (SSSR count). The van der Waals surface area contributed by atoms with Crippen molar-refractivity contribution in [2.75, 3.05) is 0 Å². The van der Waals surface area contributed by atoms with Crippen LogP contribution in [0.3, 0.4) is 0 Å². The molecule has 78 valence electrons. The highest BCUT2D eigenvalue weighted by Crippen LogP contribution is 2.23. The van der Waals surface area contributed by atoms with E-state index in [0.29, 0.717) is 0 Å². The quantitative estimate of drug-likeness (QED) is 0.579. The van der Waals surface area contributed by atoms with Crippen LogP contribution in [-0.2, 0) is 0 Å². The van der Waals surface area contributed by atoms with Crippen LogP contribution >= 0.6 is 11.8 Å². The Bertz CT molecular complexity index is 251. The fourth-order valence-electron chi connectivity index (χ4n) is 1.17. The smallest absolute Gasteiger partial charge is 0.102 e. The zero-order chi connectivity index (χ0) is 10.4. The number of nitrogens with one attached hydrogen (secondary N) is 1. The summed E-state index contributed by atoms with van der Waals surface area (Å²) in [4.78, 5) is 1.23. The van der Waals surface area contributed by atoms with Crippen LogP contribution in [0.25, 0.3) is 0 Å². The predicted octanol–water partition coefficient (Wildman–Crippen LogP) is 2.44. The minimum Gasteiger partial charge on any atom is -0.379 e. The number of thioether (sulfide) groups is 1. The molecule has 0 radical (unpaired) electrons. The van der Waals surface area contributed by atoms with Crippen LogP contribution in [-0.4, -0.2) is 16.7 Å². The second-order valence-electron chi connectivity index (χ2n) is 3.17. The summed E-state index contributed by atoms with van der Waals surface area (Å²) in [6, 6.07) is 10.2. The Morgan fingerprint density at radius 1 is 1.36 bits per heavy atom. The highest BCUT2D eigenvalue weighted by atomic mass is 32.2. The van der Waals surface area contributed by atoms with Crippen molar-refractivity contribution in [1.29, 1.82) is 0 Å². The molecule has 1 aromatic carbocycles. The minimum absolute atomic E-state index is 0.275. The number of benzene rings is 1. The molecule has 0 spiro atoms. The number of rotatable bonds is 5. The molecule has 3 heteroatoms. The Morgan fingerprint density at radius 2 is 2.00 bits per heavy atom. The Kier molecular flexibility index (Phi) is 5.01. The number of hydrogen-bond donors (Lipinski definition) is 2. The molecule has 0 aliphatic carbocycles. The van der Waals surface area contributed by atoms with Gasteiger partial charge in [-0.25, -0.2) is 0 Å². The standard InChI is InChI=1S/C11H17NOS/c1-3-11(12-9(2)13)14-10-7-5-4-6-8-10/h4-9,11-13H,3H2,1-2H3. The second kappa shape index (κ2) is 6.06. The zero-order valence-electron chi connectivity index (χ0n) is 8.60. The second-order valence-corrected chi connectivity index (χ2v) is 4.45. The van der Waals surface area contributed by atoms with E-state index in [1.807, 2.05) is 18.2 Å². The average molecular weight is 211 g/mol. The van der Waals surface area contributed by atoms with E-state index in [-0.39, 0.29) is 5.37 Å². The van der Waals surface area contributed by atoms with E-state index >= 15 is 0 Å². The first-order chi connectivity index (χ1) is 6.72. The van der Waals surface area contributed by atoms with Gasteiger partial charge in [-0.3, -0.25) is 5.32 Å².